The van der Waals surface area contributed by atoms with Crippen molar-refractivity contribution in [3.05, 3.63) is 0 Å². The monoisotopic (exact) mass is 80.1 g/mol. The Morgan fingerprint density at radius 1 is 1.60 bits per heavy atom. The third-order valence-corrected chi connectivity index (χ3v) is 0.109. The molecule has 0 rings (SSSR count). The van der Waals surface area contributed by atoms with Crippen LogP contribution in [-0.2, 0) is 0 Å². The molecule has 34 valence electrons. The van der Waals surface area contributed by atoms with E-state index in [1.54, 1.807) is 0 Å². The van der Waals surface area contributed by atoms with Gasteiger partial charge in [-0.2, -0.15) is 0 Å². The molecule has 0 spiro atoms. The Morgan fingerprint density at radius 2 is 1.80 bits per heavy atom. The van der Waals surface area contributed by atoms with Crippen LogP contribution in [0, 0.1) is 0 Å². The molecule has 0 saturated carbocycles. The molecular weight excluding hydrogens is 71.0 g/mol. The largest absolute Gasteiger partial charge is 0.344 e. The Hall–Kier alpha value is -0.150. The van der Waals surface area contributed by atoms with Gasteiger partial charge < -0.3 is 11.9 Å². The van der Waals surface area contributed by atoms with Crippen molar-refractivity contribution in [2.75, 3.05) is 13.2 Å². The fraction of sp³-hybridized carbons (Fsp3) is 1.00. The molecule has 0 aromatic rings. The van der Waals surface area contributed by atoms with E-state index in [2.05, 4.69) is 5.73 Å². The molecule has 0 amide bonds. The third kappa shape index (κ3) is 18.2. The van der Waals surface area contributed by atoms with Gasteiger partial charge in [0.2, 0.25) is 0 Å². The summed E-state index contributed by atoms with van der Waals surface area (Å²) in [6, 6.07) is 0. The highest BCUT2D eigenvalue weighted by Crippen LogP contribution is 1.50. The van der Waals surface area contributed by atoms with E-state index >= 15 is 0 Å². The number of nitrogens with two attached hydrogens (primary N) is 1. The molecule has 0 aliphatic heterocycles. The second-order valence-corrected chi connectivity index (χ2v) is 0.478. The van der Waals surface area contributed by atoms with Crippen molar-refractivity contribution in [3.8, 4) is 0 Å². The average Bonchev–Trinajstić information content (AvgIpc) is 1.37. The zero-order chi connectivity index (χ0) is 3.41. The van der Waals surface area contributed by atoms with Gasteiger partial charge in [-0.1, -0.05) is 0 Å². The van der Waals surface area contributed by atoms with Crippen LogP contribution in [0.2, 0.25) is 0 Å². The number of alkyl halides is 1. The standard InChI is InChI=1S/C2H6FN.H3N/c3-1-2-4;/h1-2,4H2;1H3. The van der Waals surface area contributed by atoms with E-state index in [0.29, 0.717) is 0 Å². The van der Waals surface area contributed by atoms with Gasteiger partial charge in [0.05, 0.1) is 0 Å². The van der Waals surface area contributed by atoms with Crippen molar-refractivity contribution in [2.45, 2.75) is 0 Å². The topological polar surface area (TPSA) is 61.0 Å². The number of hydrogen-bond acceptors (Lipinski definition) is 2. The Bertz CT molecular complexity index is 9.61. The second-order valence-electron chi connectivity index (χ2n) is 0.478. The van der Waals surface area contributed by atoms with Crippen LogP contribution in [0.4, 0.5) is 4.39 Å². The van der Waals surface area contributed by atoms with E-state index < -0.39 is 6.67 Å². The first-order valence-electron chi connectivity index (χ1n) is 1.18. The minimum absolute atomic E-state index is 0. The van der Waals surface area contributed by atoms with E-state index in [0.717, 1.165) is 0 Å². The summed E-state index contributed by atoms with van der Waals surface area (Å²) in [5.41, 5.74) is 4.65. The maximum atomic E-state index is 10.6. The second kappa shape index (κ2) is 9.14. The van der Waals surface area contributed by atoms with Gasteiger partial charge >= 0.3 is 0 Å². The van der Waals surface area contributed by atoms with Gasteiger partial charge in [0.25, 0.3) is 0 Å². The van der Waals surface area contributed by atoms with Crippen LogP contribution < -0.4 is 11.9 Å². The van der Waals surface area contributed by atoms with Gasteiger partial charge in [-0.15, -0.1) is 0 Å². The minimum Gasteiger partial charge on any atom is -0.344 e. The van der Waals surface area contributed by atoms with Gasteiger partial charge in [0.1, 0.15) is 6.67 Å². The molecule has 3 heteroatoms. The van der Waals surface area contributed by atoms with Crippen LogP contribution in [-0.4, -0.2) is 13.2 Å². The lowest BCUT2D eigenvalue weighted by atomic mass is 10.8. The van der Waals surface area contributed by atoms with Crippen molar-refractivity contribution in [1.29, 1.82) is 0 Å². The lowest BCUT2D eigenvalue weighted by molar-refractivity contribution is 0.504. The lowest BCUT2D eigenvalue weighted by Crippen LogP contribution is -1.98. The first-order valence-corrected chi connectivity index (χ1v) is 1.18. The fourth-order valence-electron chi connectivity index (χ4n) is 0. The first-order chi connectivity index (χ1) is 1.91. The smallest absolute Gasteiger partial charge is 0.102 e. The van der Waals surface area contributed by atoms with Crippen LogP contribution in [0.3, 0.4) is 0 Å². The number of rotatable bonds is 1. The molecule has 5 N–H and O–H groups in total. The quantitative estimate of drug-likeness (QED) is 0.468. The highest BCUT2D eigenvalue weighted by atomic mass is 19.1. The highest BCUT2D eigenvalue weighted by molar-refractivity contribution is 4.18. The van der Waals surface area contributed by atoms with Gasteiger partial charge in [-0.3, -0.25) is 0 Å². The van der Waals surface area contributed by atoms with E-state index in [4.69, 9.17) is 0 Å². The highest BCUT2D eigenvalue weighted by Gasteiger charge is 1.60. The maximum absolute atomic E-state index is 10.6. The zero-order valence-electron chi connectivity index (χ0n) is 3.08. The molecule has 5 heavy (non-hydrogen) atoms. The fourth-order valence-corrected chi connectivity index (χ4v) is 0. The van der Waals surface area contributed by atoms with Gasteiger partial charge in [-0.25, -0.2) is 4.39 Å². The summed E-state index contributed by atoms with van der Waals surface area (Å²) < 4.78 is 10.6. The Labute approximate surface area is 30.7 Å². The normalized spacial score (nSPS) is 6.00. The van der Waals surface area contributed by atoms with E-state index in [9.17, 15) is 4.39 Å². The van der Waals surface area contributed by atoms with E-state index in [-0.39, 0.29) is 12.7 Å². The van der Waals surface area contributed by atoms with Crippen molar-refractivity contribution in [2.24, 2.45) is 5.73 Å². The predicted octanol–water partition coefficient (Wildman–Crippen LogP) is 0.0766. The summed E-state index contributed by atoms with van der Waals surface area (Å²) >= 11 is 0. The number of halogens is 1. The molecular formula is C2H9FN2. The summed E-state index contributed by atoms with van der Waals surface area (Å²) in [6.07, 6.45) is 0. The zero-order valence-corrected chi connectivity index (χ0v) is 3.08. The van der Waals surface area contributed by atoms with Gasteiger partial charge in [0, 0.05) is 6.54 Å². The van der Waals surface area contributed by atoms with Crippen LogP contribution in [0.1, 0.15) is 0 Å². The molecule has 0 fully saturated rings. The summed E-state index contributed by atoms with van der Waals surface area (Å²) in [5.74, 6) is 0. The van der Waals surface area contributed by atoms with Crippen molar-refractivity contribution >= 4 is 0 Å². The Balaban J connectivity index is 0. The molecule has 2 nitrogen and oxygen atoms in total. The Morgan fingerprint density at radius 3 is 1.80 bits per heavy atom. The third-order valence-electron chi connectivity index (χ3n) is 0.109. The average molecular weight is 80.1 g/mol. The summed E-state index contributed by atoms with van der Waals surface area (Å²) in [6.45, 7) is -0.250. The summed E-state index contributed by atoms with van der Waals surface area (Å²) in [5, 5.41) is 0. The van der Waals surface area contributed by atoms with Crippen LogP contribution in [0.5, 0.6) is 0 Å². The molecule has 0 aliphatic rings. The van der Waals surface area contributed by atoms with Crippen molar-refractivity contribution < 1.29 is 4.39 Å². The SMILES string of the molecule is N.NCCF. The number of hydrogen-bond donors (Lipinski definition) is 2. The van der Waals surface area contributed by atoms with Crippen molar-refractivity contribution in [3.63, 3.8) is 0 Å². The molecule has 0 bridgehead atoms. The summed E-state index contributed by atoms with van der Waals surface area (Å²) in [4.78, 5) is 0. The lowest BCUT2D eigenvalue weighted by Gasteiger charge is -1.67. The molecule has 0 heterocycles. The predicted molar refractivity (Wildman–Crippen MR) is 20.1 cm³/mol. The molecule has 0 atom stereocenters. The van der Waals surface area contributed by atoms with Crippen molar-refractivity contribution in [1.82, 2.24) is 6.15 Å². The van der Waals surface area contributed by atoms with Gasteiger partial charge in [-0.05, 0) is 0 Å². The molecule has 0 saturated heterocycles. The minimum atomic E-state index is -0.403. The Kier molecular flexibility index (Phi) is 16.2. The van der Waals surface area contributed by atoms with Crippen LogP contribution in [0.15, 0.2) is 0 Å². The van der Waals surface area contributed by atoms with E-state index in [1.807, 2.05) is 0 Å². The van der Waals surface area contributed by atoms with E-state index in [1.165, 1.54) is 0 Å². The molecule has 0 aromatic carbocycles. The molecule has 0 aromatic heterocycles. The first kappa shape index (κ1) is 8.85. The molecule has 0 radical (unpaired) electrons. The maximum Gasteiger partial charge on any atom is 0.102 e. The molecule has 0 aliphatic carbocycles. The molecule has 0 unspecified atom stereocenters. The van der Waals surface area contributed by atoms with Crippen LogP contribution in [0.25, 0.3) is 0 Å². The summed E-state index contributed by atoms with van der Waals surface area (Å²) in [7, 11) is 0. The van der Waals surface area contributed by atoms with Gasteiger partial charge in [0.15, 0.2) is 0 Å². The van der Waals surface area contributed by atoms with Crippen LogP contribution >= 0.6 is 0 Å².